The SMILES string of the molecule is CC(C)(C)[C@H]1CC[C@H]2OCCOCCO[C@@H]3C[C@@H](C(C)(C)C)CC[C@H]3OCCOCCO[C@H]2C1. The minimum absolute atomic E-state index is 0.124. The lowest BCUT2D eigenvalue weighted by Gasteiger charge is -2.41. The molecule has 3 rings (SSSR count). The first kappa shape index (κ1) is 28.3. The van der Waals surface area contributed by atoms with Crippen molar-refractivity contribution in [3.63, 3.8) is 0 Å². The fourth-order valence-corrected chi connectivity index (χ4v) is 5.75. The molecule has 6 atom stereocenters. The van der Waals surface area contributed by atoms with Crippen LogP contribution in [0, 0.1) is 22.7 Å². The van der Waals surface area contributed by atoms with E-state index in [2.05, 4.69) is 41.5 Å². The van der Waals surface area contributed by atoms with Crippen molar-refractivity contribution in [2.75, 3.05) is 52.9 Å². The van der Waals surface area contributed by atoms with Crippen LogP contribution in [0.15, 0.2) is 0 Å². The maximum Gasteiger partial charge on any atom is 0.0840 e. The molecule has 0 amide bonds. The largest absolute Gasteiger partial charge is 0.377 e. The Morgan fingerprint density at radius 3 is 1.06 bits per heavy atom. The third-order valence-electron chi connectivity index (χ3n) is 8.15. The van der Waals surface area contributed by atoms with Crippen molar-refractivity contribution in [3.8, 4) is 0 Å². The highest BCUT2D eigenvalue weighted by atomic mass is 16.6. The predicted molar refractivity (Wildman–Crippen MR) is 134 cm³/mol. The van der Waals surface area contributed by atoms with Gasteiger partial charge in [-0.25, -0.2) is 0 Å². The lowest BCUT2D eigenvalue weighted by atomic mass is 9.71. The lowest BCUT2D eigenvalue weighted by molar-refractivity contribution is -0.142. The molecule has 2 saturated carbocycles. The molecule has 0 unspecified atom stereocenters. The molecule has 1 heterocycles. The van der Waals surface area contributed by atoms with Crippen LogP contribution in [0.4, 0.5) is 0 Å². The van der Waals surface area contributed by atoms with Crippen LogP contribution in [0.1, 0.15) is 80.1 Å². The van der Waals surface area contributed by atoms with E-state index in [1.54, 1.807) is 0 Å². The highest BCUT2D eigenvalue weighted by Gasteiger charge is 2.38. The topological polar surface area (TPSA) is 55.4 Å². The van der Waals surface area contributed by atoms with Gasteiger partial charge in [-0.15, -0.1) is 0 Å². The zero-order chi connectivity index (χ0) is 24.6. The molecule has 2 aliphatic carbocycles. The van der Waals surface area contributed by atoms with E-state index in [1.165, 1.54) is 12.8 Å². The molecule has 1 aliphatic heterocycles. The highest BCUT2D eigenvalue weighted by Crippen LogP contribution is 2.41. The molecule has 0 aromatic carbocycles. The van der Waals surface area contributed by atoms with Crippen LogP contribution in [0.25, 0.3) is 0 Å². The standard InChI is InChI=1S/C28H52O6/c1-27(2,3)21-7-9-23-25(19-21)33-17-13-29-12-16-32-24-10-8-22(28(4,5)6)20-26(24)34-18-14-30-11-15-31-23/h21-26H,7-20H2,1-6H3/t21-,22-,23+,24+,25-,26+/m0/s1. The molecule has 200 valence electrons. The lowest BCUT2D eigenvalue weighted by Crippen LogP contribution is -2.43. The molecular formula is C28H52O6. The summed E-state index contributed by atoms with van der Waals surface area (Å²) < 4.78 is 36.8. The Hall–Kier alpha value is -0.240. The maximum atomic E-state index is 6.29. The Morgan fingerprint density at radius 2 is 0.735 bits per heavy atom. The van der Waals surface area contributed by atoms with Gasteiger partial charge in [0.2, 0.25) is 0 Å². The van der Waals surface area contributed by atoms with Crippen molar-refractivity contribution in [3.05, 3.63) is 0 Å². The Labute approximate surface area is 208 Å². The van der Waals surface area contributed by atoms with E-state index >= 15 is 0 Å². The summed E-state index contributed by atoms with van der Waals surface area (Å²) in [5.41, 5.74) is 0.586. The van der Waals surface area contributed by atoms with Gasteiger partial charge in [-0.05, 0) is 61.2 Å². The van der Waals surface area contributed by atoms with E-state index in [9.17, 15) is 0 Å². The molecule has 0 bridgehead atoms. The predicted octanol–water partition coefficient (Wildman–Crippen LogP) is 5.27. The third-order valence-corrected chi connectivity index (χ3v) is 8.15. The maximum absolute atomic E-state index is 6.29. The molecule has 0 N–H and O–H groups in total. The number of ether oxygens (including phenoxy) is 6. The van der Waals surface area contributed by atoms with Crippen molar-refractivity contribution < 1.29 is 28.4 Å². The van der Waals surface area contributed by atoms with Gasteiger partial charge in [0, 0.05) is 0 Å². The zero-order valence-electron chi connectivity index (χ0n) is 22.8. The minimum Gasteiger partial charge on any atom is -0.377 e. The van der Waals surface area contributed by atoms with Gasteiger partial charge in [0.25, 0.3) is 0 Å². The van der Waals surface area contributed by atoms with Crippen molar-refractivity contribution in [2.45, 2.75) is 104 Å². The first-order chi connectivity index (χ1) is 16.1. The molecule has 0 radical (unpaired) electrons. The van der Waals surface area contributed by atoms with Crippen LogP contribution in [0.5, 0.6) is 0 Å². The quantitative estimate of drug-likeness (QED) is 0.467. The minimum atomic E-state index is 0.124. The fourth-order valence-electron chi connectivity index (χ4n) is 5.75. The van der Waals surface area contributed by atoms with Crippen LogP contribution in [0.3, 0.4) is 0 Å². The van der Waals surface area contributed by atoms with E-state index in [-0.39, 0.29) is 24.4 Å². The van der Waals surface area contributed by atoms with E-state index in [1.807, 2.05) is 0 Å². The fraction of sp³-hybridized carbons (Fsp3) is 1.00. The molecular weight excluding hydrogens is 432 g/mol. The summed E-state index contributed by atoms with van der Waals surface area (Å²) in [6.45, 7) is 18.8. The van der Waals surface area contributed by atoms with Gasteiger partial charge in [-0.3, -0.25) is 0 Å². The van der Waals surface area contributed by atoms with Crippen molar-refractivity contribution in [2.24, 2.45) is 22.7 Å². The van der Waals surface area contributed by atoms with Crippen LogP contribution in [-0.2, 0) is 28.4 Å². The average molecular weight is 485 g/mol. The Bertz CT molecular complexity index is 518. The summed E-state index contributed by atoms with van der Waals surface area (Å²) in [7, 11) is 0. The second-order valence-corrected chi connectivity index (χ2v) is 12.6. The monoisotopic (exact) mass is 484 g/mol. The summed E-state index contributed by atoms with van der Waals surface area (Å²) in [4.78, 5) is 0. The van der Waals surface area contributed by atoms with Gasteiger partial charge < -0.3 is 28.4 Å². The van der Waals surface area contributed by atoms with Crippen molar-refractivity contribution >= 4 is 0 Å². The number of fused-ring (bicyclic) bond motifs is 2. The van der Waals surface area contributed by atoms with E-state index < -0.39 is 0 Å². The second kappa shape index (κ2) is 13.3. The molecule has 1 saturated heterocycles. The number of rotatable bonds is 0. The van der Waals surface area contributed by atoms with E-state index in [4.69, 9.17) is 28.4 Å². The molecule has 34 heavy (non-hydrogen) atoms. The van der Waals surface area contributed by atoms with Gasteiger partial charge in [0.1, 0.15) is 0 Å². The van der Waals surface area contributed by atoms with Gasteiger partial charge >= 0.3 is 0 Å². The molecule has 3 aliphatic rings. The summed E-state index contributed by atoms with van der Waals surface area (Å²) in [6.07, 6.45) is 7.08. The van der Waals surface area contributed by atoms with Crippen molar-refractivity contribution in [1.29, 1.82) is 0 Å². The normalized spacial score (nSPS) is 36.5. The van der Waals surface area contributed by atoms with Crippen molar-refractivity contribution in [1.82, 2.24) is 0 Å². The van der Waals surface area contributed by atoms with Crippen LogP contribution < -0.4 is 0 Å². The summed E-state index contributed by atoms with van der Waals surface area (Å²) in [6, 6.07) is 0. The van der Waals surface area contributed by atoms with Gasteiger partial charge in [-0.2, -0.15) is 0 Å². The first-order valence-electron chi connectivity index (χ1n) is 13.8. The molecule has 0 aromatic heterocycles. The van der Waals surface area contributed by atoms with Gasteiger partial charge in [-0.1, -0.05) is 41.5 Å². The molecule has 6 nitrogen and oxygen atoms in total. The molecule has 0 spiro atoms. The first-order valence-corrected chi connectivity index (χ1v) is 13.8. The molecule has 3 fully saturated rings. The van der Waals surface area contributed by atoms with Crippen LogP contribution >= 0.6 is 0 Å². The number of hydrogen-bond donors (Lipinski definition) is 0. The summed E-state index contributed by atoms with van der Waals surface area (Å²) >= 11 is 0. The Kier molecular flexibility index (Phi) is 11.1. The third kappa shape index (κ3) is 9.01. The Balaban J connectivity index is 1.51. The molecule has 0 aromatic rings. The van der Waals surface area contributed by atoms with Crippen LogP contribution in [-0.4, -0.2) is 77.3 Å². The molecule has 6 heteroatoms. The van der Waals surface area contributed by atoms with E-state index in [0.717, 1.165) is 25.7 Å². The average Bonchev–Trinajstić information content (AvgIpc) is 2.77. The number of hydrogen-bond acceptors (Lipinski definition) is 6. The zero-order valence-corrected chi connectivity index (χ0v) is 22.8. The van der Waals surface area contributed by atoms with Gasteiger partial charge in [0.05, 0.1) is 77.3 Å². The summed E-state index contributed by atoms with van der Waals surface area (Å²) in [5.74, 6) is 1.30. The van der Waals surface area contributed by atoms with E-state index in [0.29, 0.717) is 75.5 Å². The van der Waals surface area contributed by atoms with Gasteiger partial charge in [0.15, 0.2) is 0 Å². The smallest absolute Gasteiger partial charge is 0.0840 e. The Morgan fingerprint density at radius 1 is 0.412 bits per heavy atom. The second-order valence-electron chi connectivity index (χ2n) is 12.6. The summed E-state index contributed by atoms with van der Waals surface area (Å²) in [5, 5.41) is 0. The van der Waals surface area contributed by atoms with Crippen LogP contribution in [0.2, 0.25) is 0 Å². The highest BCUT2D eigenvalue weighted by molar-refractivity contribution is 4.88.